The van der Waals surface area contributed by atoms with Crippen LogP contribution in [0, 0.1) is 0 Å². The van der Waals surface area contributed by atoms with Crippen molar-refractivity contribution >= 4 is 28.4 Å². The Labute approximate surface area is 199 Å². The molecular formula is C27H28N6O. The number of benzene rings is 2. The largest absolute Gasteiger partial charge is 0.348 e. The number of nitrogens with one attached hydrogen (secondary N) is 3. The lowest BCUT2D eigenvalue weighted by atomic mass is 10.0. The quantitative estimate of drug-likeness (QED) is 0.391. The smallest absolute Gasteiger partial charge is 0.237 e. The standard InChI is InChI=1S/C27H28N6O/c1-18(31-26(34)25-4-2-3-13-29-25)19-5-8-23(9-6-19)32-27-30-17-22-16-21(7-10-24(22)33-27)20-11-14-28-15-12-20/h5-12,14-18,25,29H,2-4,13H2,1H3,(H,31,34)(H,30,32,33). The van der Waals surface area contributed by atoms with Gasteiger partial charge < -0.3 is 16.0 Å². The molecule has 172 valence electrons. The van der Waals surface area contributed by atoms with E-state index in [2.05, 4.69) is 43.0 Å². The Morgan fingerprint density at radius 2 is 1.85 bits per heavy atom. The van der Waals surface area contributed by atoms with Crippen LogP contribution in [0.25, 0.3) is 22.0 Å². The minimum Gasteiger partial charge on any atom is -0.348 e. The number of amides is 1. The summed E-state index contributed by atoms with van der Waals surface area (Å²) >= 11 is 0. The van der Waals surface area contributed by atoms with Crippen LogP contribution in [0.3, 0.4) is 0 Å². The third-order valence-electron chi connectivity index (χ3n) is 6.25. The number of hydrogen-bond acceptors (Lipinski definition) is 6. The molecule has 5 rings (SSSR count). The molecule has 0 saturated carbocycles. The van der Waals surface area contributed by atoms with Crippen LogP contribution >= 0.6 is 0 Å². The second-order valence-corrected chi connectivity index (χ2v) is 8.68. The number of hydrogen-bond donors (Lipinski definition) is 3. The first-order chi connectivity index (χ1) is 16.7. The fourth-order valence-electron chi connectivity index (χ4n) is 4.27. The van der Waals surface area contributed by atoms with Crippen LogP contribution in [0.5, 0.6) is 0 Å². The highest BCUT2D eigenvalue weighted by Gasteiger charge is 2.22. The van der Waals surface area contributed by atoms with Crippen LogP contribution in [0.4, 0.5) is 11.6 Å². The molecule has 0 aliphatic carbocycles. The normalized spacial score (nSPS) is 16.7. The predicted molar refractivity (Wildman–Crippen MR) is 135 cm³/mol. The number of fused-ring (bicyclic) bond motifs is 1. The fourth-order valence-corrected chi connectivity index (χ4v) is 4.27. The van der Waals surface area contributed by atoms with Crippen LogP contribution in [0.1, 0.15) is 37.8 Å². The molecular weight excluding hydrogens is 424 g/mol. The lowest BCUT2D eigenvalue weighted by molar-refractivity contribution is -0.124. The van der Waals surface area contributed by atoms with E-state index in [4.69, 9.17) is 0 Å². The molecule has 1 aliphatic heterocycles. The van der Waals surface area contributed by atoms with Crippen molar-refractivity contribution in [2.24, 2.45) is 0 Å². The van der Waals surface area contributed by atoms with Gasteiger partial charge in [0, 0.05) is 29.7 Å². The van der Waals surface area contributed by atoms with Gasteiger partial charge in [-0.3, -0.25) is 9.78 Å². The summed E-state index contributed by atoms with van der Waals surface area (Å²) in [4.78, 5) is 25.7. The first-order valence-corrected chi connectivity index (χ1v) is 11.7. The second kappa shape index (κ2) is 9.97. The van der Waals surface area contributed by atoms with E-state index in [9.17, 15) is 4.79 Å². The molecule has 7 heteroatoms. The van der Waals surface area contributed by atoms with Crippen molar-refractivity contribution in [2.45, 2.75) is 38.3 Å². The maximum atomic E-state index is 12.5. The van der Waals surface area contributed by atoms with Gasteiger partial charge in [0.15, 0.2) is 0 Å². The number of aromatic nitrogens is 3. The van der Waals surface area contributed by atoms with E-state index in [1.54, 1.807) is 12.4 Å². The minimum atomic E-state index is -0.0806. The van der Waals surface area contributed by atoms with Crippen LogP contribution in [0.15, 0.2) is 73.2 Å². The van der Waals surface area contributed by atoms with Gasteiger partial charge in [0.2, 0.25) is 11.9 Å². The number of anilines is 2. The molecule has 2 atom stereocenters. The number of carbonyl (C=O) groups is 1. The molecule has 3 N–H and O–H groups in total. The van der Waals surface area contributed by atoms with Crippen molar-refractivity contribution in [3.05, 3.63) is 78.8 Å². The summed E-state index contributed by atoms with van der Waals surface area (Å²) < 4.78 is 0. The zero-order chi connectivity index (χ0) is 23.3. The Hall–Kier alpha value is -3.84. The molecule has 2 aromatic heterocycles. The number of nitrogens with zero attached hydrogens (tertiary/aromatic N) is 3. The molecule has 2 unspecified atom stereocenters. The summed E-state index contributed by atoms with van der Waals surface area (Å²) in [7, 11) is 0. The van der Waals surface area contributed by atoms with E-state index in [0.29, 0.717) is 5.95 Å². The van der Waals surface area contributed by atoms with E-state index in [1.807, 2.05) is 55.6 Å². The lowest BCUT2D eigenvalue weighted by Crippen LogP contribution is -2.47. The summed E-state index contributed by atoms with van der Waals surface area (Å²) in [5.74, 6) is 0.618. The maximum Gasteiger partial charge on any atom is 0.237 e. The number of rotatable bonds is 6. The first kappa shape index (κ1) is 22.0. The molecule has 4 aromatic rings. The Morgan fingerprint density at radius 1 is 1.03 bits per heavy atom. The van der Waals surface area contributed by atoms with E-state index in [1.165, 1.54) is 0 Å². The van der Waals surface area contributed by atoms with Crippen molar-refractivity contribution < 1.29 is 4.79 Å². The van der Waals surface area contributed by atoms with Crippen LogP contribution in [-0.2, 0) is 4.79 Å². The summed E-state index contributed by atoms with van der Waals surface area (Å²) in [5, 5.41) is 10.7. The van der Waals surface area contributed by atoms with Gasteiger partial charge >= 0.3 is 0 Å². The van der Waals surface area contributed by atoms with Crippen LogP contribution in [-0.4, -0.2) is 33.4 Å². The Kier molecular flexibility index (Phi) is 6.44. The molecule has 0 radical (unpaired) electrons. The summed E-state index contributed by atoms with van der Waals surface area (Å²) in [6.07, 6.45) is 8.55. The van der Waals surface area contributed by atoms with Gasteiger partial charge in [-0.25, -0.2) is 9.97 Å². The number of piperidine rings is 1. The molecule has 0 bridgehead atoms. The zero-order valence-electron chi connectivity index (χ0n) is 19.2. The average Bonchev–Trinajstić information content (AvgIpc) is 2.90. The molecule has 1 fully saturated rings. The van der Waals surface area contributed by atoms with Crippen molar-refractivity contribution in [2.75, 3.05) is 11.9 Å². The second-order valence-electron chi connectivity index (χ2n) is 8.68. The summed E-state index contributed by atoms with van der Waals surface area (Å²) in [5.41, 5.74) is 5.04. The molecule has 1 amide bonds. The number of carbonyl (C=O) groups excluding carboxylic acids is 1. The van der Waals surface area contributed by atoms with Crippen LogP contribution < -0.4 is 16.0 Å². The molecule has 2 aromatic carbocycles. The third-order valence-corrected chi connectivity index (χ3v) is 6.25. The van der Waals surface area contributed by atoms with Crippen molar-refractivity contribution in [1.82, 2.24) is 25.6 Å². The van der Waals surface area contributed by atoms with Crippen LogP contribution in [0.2, 0.25) is 0 Å². The Morgan fingerprint density at radius 3 is 2.62 bits per heavy atom. The van der Waals surface area contributed by atoms with Gasteiger partial charge in [-0.15, -0.1) is 0 Å². The minimum absolute atomic E-state index is 0.0585. The Balaban J connectivity index is 1.24. The van der Waals surface area contributed by atoms with Gasteiger partial charge in [-0.05, 0) is 79.4 Å². The van der Waals surface area contributed by atoms with Crippen molar-refractivity contribution in [3.63, 3.8) is 0 Å². The molecule has 1 saturated heterocycles. The highest BCUT2D eigenvalue weighted by molar-refractivity contribution is 5.85. The molecule has 3 heterocycles. The lowest BCUT2D eigenvalue weighted by Gasteiger charge is -2.24. The van der Waals surface area contributed by atoms with E-state index >= 15 is 0 Å². The van der Waals surface area contributed by atoms with E-state index < -0.39 is 0 Å². The SMILES string of the molecule is CC(NC(=O)C1CCCCN1)c1ccc(Nc2ncc3cc(-c4ccncc4)ccc3n2)cc1. The average molecular weight is 453 g/mol. The van der Waals surface area contributed by atoms with Crippen molar-refractivity contribution in [1.29, 1.82) is 0 Å². The van der Waals surface area contributed by atoms with E-state index in [-0.39, 0.29) is 18.0 Å². The van der Waals surface area contributed by atoms with Gasteiger partial charge in [0.05, 0.1) is 17.6 Å². The molecule has 34 heavy (non-hydrogen) atoms. The maximum absolute atomic E-state index is 12.5. The zero-order valence-corrected chi connectivity index (χ0v) is 19.2. The molecule has 7 nitrogen and oxygen atoms in total. The van der Waals surface area contributed by atoms with Crippen molar-refractivity contribution in [3.8, 4) is 11.1 Å². The third kappa shape index (κ3) is 5.05. The van der Waals surface area contributed by atoms with Gasteiger partial charge in [0.1, 0.15) is 0 Å². The molecule has 1 aliphatic rings. The number of pyridine rings is 1. The van der Waals surface area contributed by atoms with Gasteiger partial charge in [0.25, 0.3) is 0 Å². The Bertz CT molecular complexity index is 1270. The molecule has 0 spiro atoms. The first-order valence-electron chi connectivity index (χ1n) is 11.7. The summed E-state index contributed by atoms with van der Waals surface area (Å²) in [6.45, 7) is 2.92. The summed E-state index contributed by atoms with van der Waals surface area (Å²) in [6, 6.07) is 18.0. The topological polar surface area (TPSA) is 91.8 Å². The highest BCUT2D eigenvalue weighted by Crippen LogP contribution is 2.24. The predicted octanol–water partition coefficient (Wildman–Crippen LogP) is 4.75. The fraction of sp³-hybridized carbons (Fsp3) is 0.259. The van der Waals surface area contributed by atoms with Gasteiger partial charge in [-0.2, -0.15) is 0 Å². The highest BCUT2D eigenvalue weighted by atomic mass is 16.2. The monoisotopic (exact) mass is 452 g/mol. The van der Waals surface area contributed by atoms with E-state index in [0.717, 1.165) is 59.1 Å². The van der Waals surface area contributed by atoms with Gasteiger partial charge in [-0.1, -0.05) is 24.6 Å².